The second kappa shape index (κ2) is 1.89. The second-order valence-electron chi connectivity index (χ2n) is 4.17. The number of hydrogen-bond acceptors (Lipinski definition) is 1. The quantitative estimate of drug-likeness (QED) is 0.480. The summed E-state index contributed by atoms with van der Waals surface area (Å²) >= 11 is 0. The van der Waals surface area contributed by atoms with Crippen molar-refractivity contribution in [3.8, 4) is 0 Å². The largest absolute Gasteiger partial charge is 0.371 e. The van der Waals surface area contributed by atoms with E-state index in [0.29, 0.717) is 12.2 Å². The smallest absolute Gasteiger partial charge is 0.0797 e. The first kappa shape index (κ1) is 6.24. The fourth-order valence-electron chi connectivity index (χ4n) is 3.21. The van der Waals surface area contributed by atoms with E-state index in [2.05, 4.69) is 19.1 Å². The number of rotatable bonds is 0. The Balaban J connectivity index is 1.98. The molecule has 1 aliphatic heterocycles. The summed E-state index contributed by atoms with van der Waals surface area (Å²) in [5, 5.41) is 0. The first-order chi connectivity index (χ1) is 5.36. The first-order valence-corrected chi connectivity index (χ1v) is 4.70. The third-order valence-corrected chi connectivity index (χ3v) is 3.72. The summed E-state index contributed by atoms with van der Waals surface area (Å²) < 4.78 is 5.83. The third kappa shape index (κ3) is 0.652. The molecule has 5 atom stereocenters. The summed E-state index contributed by atoms with van der Waals surface area (Å²) in [6.07, 6.45) is 8.49. The maximum absolute atomic E-state index is 5.83. The molecule has 1 nitrogen and oxygen atoms in total. The Hall–Kier alpha value is -0.300. The van der Waals surface area contributed by atoms with Crippen LogP contribution in [0, 0.1) is 17.8 Å². The van der Waals surface area contributed by atoms with Crippen LogP contribution in [0.4, 0.5) is 0 Å². The molecule has 0 bridgehead atoms. The van der Waals surface area contributed by atoms with Crippen LogP contribution >= 0.6 is 0 Å². The zero-order chi connectivity index (χ0) is 7.42. The van der Waals surface area contributed by atoms with Gasteiger partial charge >= 0.3 is 0 Å². The van der Waals surface area contributed by atoms with E-state index < -0.39 is 0 Å². The van der Waals surface area contributed by atoms with Gasteiger partial charge in [-0.2, -0.15) is 0 Å². The molecule has 0 aromatic rings. The zero-order valence-electron chi connectivity index (χ0n) is 6.86. The van der Waals surface area contributed by atoms with Crippen molar-refractivity contribution in [3.05, 3.63) is 12.2 Å². The Labute approximate surface area is 67.4 Å². The fraction of sp³-hybridized carbons (Fsp3) is 0.800. The Morgan fingerprint density at radius 2 is 2.18 bits per heavy atom. The minimum absolute atomic E-state index is 0.488. The molecule has 0 aromatic carbocycles. The van der Waals surface area contributed by atoms with Gasteiger partial charge in [0.15, 0.2) is 0 Å². The summed E-state index contributed by atoms with van der Waals surface area (Å²) in [7, 11) is 0. The zero-order valence-corrected chi connectivity index (χ0v) is 6.86. The van der Waals surface area contributed by atoms with E-state index in [9.17, 15) is 0 Å². The molecule has 2 aliphatic carbocycles. The minimum Gasteiger partial charge on any atom is -0.371 e. The van der Waals surface area contributed by atoms with Crippen molar-refractivity contribution in [3.63, 3.8) is 0 Å². The molecule has 0 radical (unpaired) electrons. The SMILES string of the molecule is C[C@@H]1O[C@H]2C=C[C@H]3CC[C@@H]1[C@@H]23. The van der Waals surface area contributed by atoms with Gasteiger partial charge in [0.2, 0.25) is 0 Å². The van der Waals surface area contributed by atoms with Gasteiger partial charge in [0, 0.05) is 5.92 Å². The number of allylic oxidation sites excluding steroid dienone is 1. The maximum Gasteiger partial charge on any atom is 0.0797 e. The van der Waals surface area contributed by atoms with Crippen molar-refractivity contribution in [1.82, 2.24) is 0 Å². The molecule has 60 valence electrons. The van der Waals surface area contributed by atoms with Gasteiger partial charge in [-0.05, 0) is 31.6 Å². The first-order valence-electron chi connectivity index (χ1n) is 4.70. The van der Waals surface area contributed by atoms with Crippen LogP contribution in [-0.4, -0.2) is 12.2 Å². The monoisotopic (exact) mass is 150 g/mol. The molecule has 0 aromatic heterocycles. The summed E-state index contributed by atoms with van der Waals surface area (Å²) in [5.41, 5.74) is 0. The van der Waals surface area contributed by atoms with Crippen molar-refractivity contribution in [2.24, 2.45) is 17.8 Å². The van der Waals surface area contributed by atoms with Crippen LogP contribution in [-0.2, 0) is 4.74 Å². The van der Waals surface area contributed by atoms with Gasteiger partial charge < -0.3 is 4.74 Å². The lowest BCUT2D eigenvalue weighted by molar-refractivity contribution is 0.0619. The highest BCUT2D eigenvalue weighted by Crippen LogP contribution is 2.51. The molecule has 1 heterocycles. The van der Waals surface area contributed by atoms with Crippen LogP contribution in [0.1, 0.15) is 19.8 Å². The van der Waals surface area contributed by atoms with E-state index >= 15 is 0 Å². The summed E-state index contributed by atoms with van der Waals surface area (Å²) in [6, 6.07) is 0. The van der Waals surface area contributed by atoms with Crippen LogP contribution in [0.15, 0.2) is 12.2 Å². The molecule has 0 N–H and O–H groups in total. The predicted molar refractivity (Wildman–Crippen MR) is 43.2 cm³/mol. The predicted octanol–water partition coefficient (Wildman–Crippen LogP) is 1.99. The van der Waals surface area contributed by atoms with Gasteiger partial charge in [0.25, 0.3) is 0 Å². The highest BCUT2D eigenvalue weighted by molar-refractivity contribution is 5.16. The third-order valence-electron chi connectivity index (χ3n) is 3.72. The molecule has 3 rings (SSSR count). The molecular formula is C10H14O. The normalized spacial score (nSPS) is 58.8. The Kier molecular flexibility index (Phi) is 1.07. The molecule has 11 heavy (non-hydrogen) atoms. The molecule has 0 amide bonds. The van der Waals surface area contributed by atoms with E-state index in [1.165, 1.54) is 12.8 Å². The molecule has 1 heteroatoms. The van der Waals surface area contributed by atoms with Crippen LogP contribution in [0.3, 0.4) is 0 Å². The van der Waals surface area contributed by atoms with E-state index in [4.69, 9.17) is 4.74 Å². The molecule has 0 unspecified atom stereocenters. The molecule has 3 aliphatic rings. The van der Waals surface area contributed by atoms with Gasteiger partial charge in [-0.15, -0.1) is 0 Å². The Bertz CT molecular complexity index is 209. The highest BCUT2D eigenvalue weighted by atomic mass is 16.5. The van der Waals surface area contributed by atoms with Gasteiger partial charge in [0.1, 0.15) is 0 Å². The molecule has 2 fully saturated rings. The van der Waals surface area contributed by atoms with Gasteiger partial charge in [0.05, 0.1) is 12.2 Å². The number of hydrogen-bond donors (Lipinski definition) is 0. The van der Waals surface area contributed by atoms with Gasteiger partial charge in [-0.3, -0.25) is 0 Å². The van der Waals surface area contributed by atoms with E-state index in [1.54, 1.807) is 0 Å². The standard InChI is InChI=1S/C10H14O/c1-6-8-4-2-7-3-5-9(11-6)10(7)8/h3,5-10H,2,4H2,1H3/t6-,7+,8-,9-,10-/m0/s1. The average Bonchev–Trinajstić information content (AvgIpc) is 2.53. The van der Waals surface area contributed by atoms with Crippen LogP contribution < -0.4 is 0 Å². The van der Waals surface area contributed by atoms with Crippen molar-refractivity contribution >= 4 is 0 Å². The van der Waals surface area contributed by atoms with Crippen molar-refractivity contribution in [2.45, 2.75) is 32.0 Å². The molecular weight excluding hydrogens is 136 g/mol. The van der Waals surface area contributed by atoms with Crippen LogP contribution in [0.25, 0.3) is 0 Å². The lowest BCUT2D eigenvalue weighted by atomic mass is 9.90. The Morgan fingerprint density at radius 3 is 3.09 bits per heavy atom. The second-order valence-corrected chi connectivity index (χ2v) is 4.17. The lowest BCUT2D eigenvalue weighted by Gasteiger charge is -2.11. The van der Waals surface area contributed by atoms with Crippen molar-refractivity contribution < 1.29 is 4.74 Å². The van der Waals surface area contributed by atoms with E-state index in [-0.39, 0.29) is 0 Å². The lowest BCUT2D eigenvalue weighted by Crippen LogP contribution is -2.15. The topological polar surface area (TPSA) is 9.23 Å². The average molecular weight is 150 g/mol. The van der Waals surface area contributed by atoms with Gasteiger partial charge in [-0.1, -0.05) is 12.2 Å². The van der Waals surface area contributed by atoms with E-state index in [0.717, 1.165) is 17.8 Å². The highest BCUT2D eigenvalue weighted by Gasteiger charge is 2.50. The van der Waals surface area contributed by atoms with Crippen LogP contribution in [0.2, 0.25) is 0 Å². The van der Waals surface area contributed by atoms with Gasteiger partial charge in [-0.25, -0.2) is 0 Å². The van der Waals surface area contributed by atoms with E-state index in [1.807, 2.05) is 0 Å². The minimum atomic E-state index is 0.488. The molecule has 0 spiro atoms. The summed E-state index contributed by atoms with van der Waals surface area (Å²) in [4.78, 5) is 0. The molecule has 1 saturated heterocycles. The Morgan fingerprint density at radius 1 is 1.27 bits per heavy atom. The summed E-state index contributed by atoms with van der Waals surface area (Å²) in [6.45, 7) is 2.24. The van der Waals surface area contributed by atoms with Crippen LogP contribution in [0.5, 0.6) is 0 Å². The fourth-order valence-corrected chi connectivity index (χ4v) is 3.21. The van der Waals surface area contributed by atoms with Crippen molar-refractivity contribution in [1.29, 1.82) is 0 Å². The van der Waals surface area contributed by atoms with Crippen molar-refractivity contribution in [2.75, 3.05) is 0 Å². The maximum atomic E-state index is 5.83. The number of ether oxygens (including phenoxy) is 1. The summed E-state index contributed by atoms with van der Waals surface area (Å²) in [5.74, 6) is 2.61. The molecule has 1 saturated carbocycles.